The molecule has 1 aromatic heterocycles. The molecule has 1 aromatic rings. The summed E-state index contributed by atoms with van der Waals surface area (Å²) in [5, 5.41) is 9.41. The maximum absolute atomic E-state index is 8.87. The largest absolute Gasteiger partial charge is 0.395 e. The van der Waals surface area contributed by atoms with Crippen LogP contribution in [0, 0.1) is 0 Å². The first-order valence-electron chi connectivity index (χ1n) is 5.94. The topological polar surface area (TPSA) is 39.6 Å². The molecule has 0 radical (unpaired) electrons. The van der Waals surface area contributed by atoms with E-state index in [0.717, 1.165) is 39.3 Å². The Morgan fingerprint density at radius 3 is 2.47 bits per heavy atom. The number of rotatable bonds is 4. The van der Waals surface area contributed by atoms with Gasteiger partial charge in [-0.25, -0.2) is 4.98 Å². The maximum atomic E-state index is 8.87. The van der Waals surface area contributed by atoms with Crippen LogP contribution in [-0.4, -0.2) is 59.2 Å². The van der Waals surface area contributed by atoms with Crippen LogP contribution in [0.5, 0.6) is 0 Å². The van der Waals surface area contributed by atoms with Crippen molar-refractivity contribution in [1.29, 1.82) is 0 Å². The van der Waals surface area contributed by atoms with Crippen molar-refractivity contribution in [2.24, 2.45) is 0 Å². The first-order valence-corrected chi connectivity index (χ1v) is 6.32. The van der Waals surface area contributed by atoms with E-state index in [-0.39, 0.29) is 6.61 Å². The SMILES string of the molecule is OCCN1CCN(Cc2ccc(Cl)nc2)CC1. The normalized spacial score (nSPS) is 18.5. The molecule has 94 valence electrons. The number of halogens is 1. The molecule has 0 aliphatic carbocycles. The molecule has 1 N–H and O–H groups in total. The number of nitrogens with zero attached hydrogens (tertiary/aromatic N) is 3. The lowest BCUT2D eigenvalue weighted by molar-refractivity contribution is 0.108. The van der Waals surface area contributed by atoms with Crippen LogP contribution in [0.3, 0.4) is 0 Å². The summed E-state index contributed by atoms with van der Waals surface area (Å²) in [6, 6.07) is 3.86. The highest BCUT2D eigenvalue weighted by Gasteiger charge is 2.16. The second-order valence-corrected chi connectivity index (χ2v) is 4.72. The number of pyridine rings is 1. The van der Waals surface area contributed by atoms with Crippen molar-refractivity contribution >= 4 is 11.6 Å². The summed E-state index contributed by atoms with van der Waals surface area (Å²) in [5.74, 6) is 0. The average molecular weight is 256 g/mol. The van der Waals surface area contributed by atoms with Gasteiger partial charge >= 0.3 is 0 Å². The molecule has 1 saturated heterocycles. The van der Waals surface area contributed by atoms with Gasteiger partial charge in [0.05, 0.1) is 6.61 Å². The molecule has 1 aliphatic rings. The molecule has 0 atom stereocenters. The van der Waals surface area contributed by atoms with E-state index in [1.54, 1.807) is 0 Å². The zero-order valence-corrected chi connectivity index (χ0v) is 10.6. The summed E-state index contributed by atoms with van der Waals surface area (Å²) in [7, 11) is 0. The smallest absolute Gasteiger partial charge is 0.129 e. The molecule has 1 fully saturated rings. The van der Waals surface area contributed by atoms with Gasteiger partial charge in [0.15, 0.2) is 0 Å². The molecule has 0 saturated carbocycles. The quantitative estimate of drug-likeness (QED) is 0.810. The highest BCUT2D eigenvalue weighted by molar-refractivity contribution is 6.29. The second-order valence-electron chi connectivity index (χ2n) is 4.33. The highest BCUT2D eigenvalue weighted by atomic mass is 35.5. The van der Waals surface area contributed by atoms with Gasteiger partial charge in [-0.1, -0.05) is 17.7 Å². The molecule has 4 nitrogen and oxygen atoms in total. The lowest BCUT2D eigenvalue weighted by atomic mass is 10.2. The van der Waals surface area contributed by atoms with Gasteiger partial charge in [0.25, 0.3) is 0 Å². The summed E-state index contributed by atoms with van der Waals surface area (Å²) in [5.41, 5.74) is 1.20. The van der Waals surface area contributed by atoms with Crippen molar-refractivity contribution in [2.45, 2.75) is 6.54 Å². The van der Waals surface area contributed by atoms with Crippen molar-refractivity contribution in [3.05, 3.63) is 29.0 Å². The average Bonchev–Trinajstić information content (AvgIpc) is 2.35. The third-order valence-corrected chi connectivity index (χ3v) is 3.30. The lowest BCUT2D eigenvalue weighted by Crippen LogP contribution is -2.46. The van der Waals surface area contributed by atoms with Crippen LogP contribution in [0.15, 0.2) is 18.3 Å². The molecular formula is C12H18ClN3O. The fourth-order valence-corrected chi connectivity index (χ4v) is 2.18. The number of hydrogen-bond acceptors (Lipinski definition) is 4. The molecule has 0 bridgehead atoms. The van der Waals surface area contributed by atoms with Crippen molar-refractivity contribution in [3.8, 4) is 0 Å². The predicted octanol–water partition coefficient (Wildman–Crippen LogP) is 0.845. The molecule has 2 rings (SSSR count). The number of aromatic nitrogens is 1. The lowest BCUT2D eigenvalue weighted by Gasteiger charge is -2.34. The van der Waals surface area contributed by atoms with Gasteiger partial charge in [0.1, 0.15) is 5.15 Å². The number of piperazine rings is 1. The zero-order valence-electron chi connectivity index (χ0n) is 9.85. The van der Waals surface area contributed by atoms with Crippen LogP contribution >= 0.6 is 11.6 Å². The molecule has 0 amide bonds. The summed E-state index contributed by atoms with van der Waals surface area (Å²) < 4.78 is 0. The fourth-order valence-electron chi connectivity index (χ4n) is 2.07. The molecule has 1 aliphatic heterocycles. The van der Waals surface area contributed by atoms with Crippen LogP contribution in [0.4, 0.5) is 0 Å². The fraction of sp³-hybridized carbons (Fsp3) is 0.583. The molecule has 0 unspecified atom stereocenters. The number of hydrogen-bond donors (Lipinski definition) is 1. The molecule has 0 aromatic carbocycles. The Labute approximate surface area is 107 Å². The monoisotopic (exact) mass is 255 g/mol. The third-order valence-electron chi connectivity index (χ3n) is 3.08. The van der Waals surface area contributed by atoms with Crippen molar-refractivity contribution in [3.63, 3.8) is 0 Å². The van der Waals surface area contributed by atoms with Gasteiger partial charge < -0.3 is 5.11 Å². The van der Waals surface area contributed by atoms with E-state index in [0.29, 0.717) is 5.15 Å². The van der Waals surface area contributed by atoms with Crippen LogP contribution in [0.2, 0.25) is 5.15 Å². The summed E-state index contributed by atoms with van der Waals surface area (Å²) >= 11 is 5.75. The van der Waals surface area contributed by atoms with E-state index in [4.69, 9.17) is 16.7 Å². The Kier molecular flexibility index (Phi) is 4.74. The molecule has 17 heavy (non-hydrogen) atoms. The van der Waals surface area contributed by atoms with E-state index in [2.05, 4.69) is 14.8 Å². The Hall–Kier alpha value is -0.680. The third kappa shape index (κ3) is 3.92. The molecule has 5 heteroatoms. The number of β-amino-alcohol motifs (C(OH)–C–C–N with tert-alkyl or cyclic N) is 1. The van der Waals surface area contributed by atoms with E-state index in [1.807, 2.05) is 18.3 Å². The van der Waals surface area contributed by atoms with Gasteiger partial charge in [-0.3, -0.25) is 9.80 Å². The summed E-state index contributed by atoms with van der Waals surface area (Å²) in [6.45, 7) is 6.11. The van der Waals surface area contributed by atoms with E-state index in [9.17, 15) is 0 Å². The Morgan fingerprint density at radius 1 is 1.18 bits per heavy atom. The van der Waals surface area contributed by atoms with Crippen molar-refractivity contribution in [1.82, 2.24) is 14.8 Å². The van der Waals surface area contributed by atoms with Crippen LogP contribution in [-0.2, 0) is 6.54 Å². The Bertz CT molecular complexity index is 336. The number of aliphatic hydroxyl groups excluding tert-OH is 1. The minimum Gasteiger partial charge on any atom is -0.395 e. The standard InChI is InChI=1S/C12H18ClN3O/c13-12-2-1-11(9-14-12)10-16-5-3-15(4-6-16)7-8-17/h1-2,9,17H,3-8,10H2. The highest BCUT2D eigenvalue weighted by Crippen LogP contribution is 2.10. The van der Waals surface area contributed by atoms with E-state index in [1.165, 1.54) is 5.56 Å². The summed E-state index contributed by atoms with van der Waals surface area (Å²) in [6.07, 6.45) is 1.84. The second kappa shape index (κ2) is 6.31. The van der Waals surface area contributed by atoms with Gasteiger partial charge in [0, 0.05) is 45.5 Å². The van der Waals surface area contributed by atoms with Crippen LogP contribution < -0.4 is 0 Å². The van der Waals surface area contributed by atoms with Crippen LogP contribution in [0.25, 0.3) is 0 Å². The Morgan fingerprint density at radius 2 is 1.88 bits per heavy atom. The van der Waals surface area contributed by atoms with Crippen LogP contribution in [0.1, 0.15) is 5.56 Å². The van der Waals surface area contributed by atoms with Gasteiger partial charge in [-0.2, -0.15) is 0 Å². The molecule has 2 heterocycles. The first kappa shape index (κ1) is 12.8. The van der Waals surface area contributed by atoms with Gasteiger partial charge in [-0.15, -0.1) is 0 Å². The van der Waals surface area contributed by atoms with Crippen molar-refractivity contribution in [2.75, 3.05) is 39.3 Å². The predicted molar refractivity (Wildman–Crippen MR) is 68.0 cm³/mol. The van der Waals surface area contributed by atoms with E-state index < -0.39 is 0 Å². The van der Waals surface area contributed by atoms with E-state index >= 15 is 0 Å². The molecule has 0 spiro atoms. The minimum absolute atomic E-state index is 0.251. The Balaban J connectivity index is 1.79. The minimum atomic E-state index is 0.251. The first-order chi connectivity index (χ1) is 8.28. The zero-order chi connectivity index (χ0) is 12.1. The number of aliphatic hydroxyl groups is 1. The maximum Gasteiger partial charge on any atom is 0.129 e. The van der Waals surface area contributed by atoms with Gasteiger partial charge in [0.2, 0.25) is 0 Å². The van der Waals surface area contributed by atoms with Gasteiger partial charge in [-0.05, 0) is 11.6 Å². The summed E-state index contributed by atoms with van der Waals surface area (Å²) in [4.78, 5) is 8.77. The van der Waals surface area contributed by atoms with Crippen molar-refractivity contribution < 1.29 is 5.11 Å². The molecular weight excluding hydrogens is 238 g/mol.